The summed E-state index contributed by atoms with van der Waals surface area (Å²) >= 11 is 0. The number of ether oxygens (including phenoxy) is 1. The molecule has 150 valence electrons. The first-order chi connectivity index (χ1) is 13.9. The summed E-state index contributed by atoms with van der Waals surface area (Å²) in [6, 6.07) is 13.1. The number of sulfonamides is 1. The molecular weight excluding hydrogens is 394 g/mol. The molecule has 1 amide bonds. The van der Waals surface area contributed by atoms with Gasteiger partial charge in [0.2, 0.25) is 5.91 Å². The van der Waals surface area contributed by atoms with Crippen molar-refractivity contribution in [3.05, 3.63) is 60.3 Å². The maximum atomic E-state index is 12.4. The van der Waals surface area contributed by atoms with Crippen LogP contribution < -0.4 is 14.9 Å². The van der Waals surface area contributed by atoms with E-state index >= 15 is 0 Å². The summed E-state index contributed by atoms with van der Waals surface area (Å²) < 4.78 is 29.9. The fourth-order valence-electron chi connectivity index (χ4n) is 2.52. The third-order valence-electron chi connectivity index (χ3n) is 3.91. The number of aromatic amines is 1. The molecule has 0 aliphatic heterocycles. The van der Waals surface area contributed by atoms with Crippen LogP contribution in [-0.4, -0.2) is 37.8 Å². The zero-order valence-corrected chi connectivity index (χ0v) is 16.5. The lowest BCUT2D eigenvalue weighted by atomic mass is 10.1. The Labute approximate surface area is 167 Å². The minimum absolute atomic E-state index is 0.0197. The molecule has 10 heteroatoms. The Kier molecular flexibility index (Phi) is 5.93. The summed E-state index contributed by atoms with van der Waals surface area (Å²) in [6.07, 6.45) is 2.91. The number of carbonyl (C=O) groups is 1. The molecule has 29 heavy (non-hydrogen) atoms. The van der Waals surface area contributed by atoms with Gasteiger partial charge in [0.1, 0.15) is 5.75 Å². The smallest absolute Gasteiger partial charge is 0.276 e. The number of hydrazone groups is 1. The van der Waals surface area contributed by atoms with Crippen molar-refractivity contribution < 1.29 is 17.9 Å². The van der Waals surface area contributed by atoms with Gasteiger partial charge in [0.15, 0.2) is 0 Å². The van der Waals surface area contributed by atoms with E-state index in [1.807, 2.05) is 24.3 Å². The van der Waals surface area contributed by atoms with Crippen LogP contribution in [0.15, 0.2) is 64.7 Å². The average molecular weight is 413 g/mol. The highest BCUT2D eigenvalue weighted by Gasteiger charge is 2.13. The molecule has 0 unspecified atom stereocenters. The number of methoxy groups -OCH3 is 1. The molecule has 0 bridgehead atoms. The summed E-state index contributed by atoms with van der Waals surface area (Å²) in [5, 5.41) is 13.3. The molecule has 2 aromatic carbocycles. The van der Waals surface area contributed by atoms with E-state index in [-0.39, 0.29) is 10.8 Å². The Bertz CT molecular complexity index is 1120. The second-order valence-electron chi connectivity index (χ2n) is 5.99. The molecule has 0 aliphatic carbocycles. The molecule has 0 saturated heterocycles. The second kappa shape index (κ2) is 8.57. The van der Waals surface area contributed by atoms with E-state index in [0.717, 1.165) is 11.3 Å². The van der Waals surface area contributed by atoms with Crippen molar-refractivity contribution in [2.45, 2.75) is 11.8 Å². The topological polar surface area (TPSA) is 126 Å². The van der Waals surface area contributed by atoms with E-state index in [2.05, 4.69) is 25.4 Å². The van der Waals surface area contributed by atoms with Crippen molar-refractivity contribution in [2.24, 2.45) is 5.10 Å². The number of hydrogen-bond donors (Lipinski definition) is 3. The number of carbonyl (C=O) groups excluding carboxylic acids is 1. The Morgan fingerprint density at radius 1 is 1.14 bits per heavy atom. The van der Waals surface area contributed by atoms with Crippen LogP contribution in [0.2, 0.25) is 0 Å². The van der Waals surface area contributed by atoms with Crippen LogP contribution in [-0.2, 0) is 14.8 Å². The lowest BCUT2D eigenvalue weighted by Gasteiger charge is -2.06. The third-order valence-corrected chi connectivity index (χ3v) is 5.15. The number of rotatable bonds is 7. The van der Waals surface area contributed by atoms with Gasteiger partial charge in [-0.2, -0.15) is 18.6 Å². The fraction of sp³-hybridized carbons (Fsp3) is 0.105. The number of anilines is 1. The zero-order chi connectivity index (χ0) is 20.9. The van der Waals surface area contributed by atoms with Crippen LogP contribution in [0.5, 0.6) is 5.75 Å². The maximum Gasteiger partial charge on any atom is 0.276 e. The van der Waals surface area contributed by atoms with Crippen molar-refractivity contribution in [1.29, 1.82) is 0 Å². The van der Waals surface area contributed by atoms with Crippen LogP contribution in [0.3, 0.4) is 0 Å². The van der Waals surface area contributed by atoms with Crippen molar-refractivity contribution in [3.63, 3.8) is 0 Å². The van der Waals surface area contributed by atoms with Gasteiger partial charge in [-0.25, -0.2) is 4.83 Å². The summed E-state index contributed by atoms with van der Waals surface area (Å²) in [4.78, 5) is 13.2. The molecule has 0 atom stereocenters. The number of benzene rings is 2. The van der Waals surface area contributed by atoms with Crippen molar-refractivity contribution in [2.75, 3.05) is 12.4 Å². The predicted molar refractivity (Wildman–Crippen MR) is 109 cm³/mol. The summed E-state index contributed by atoms with van der Waals surface area (Å²) in [7, 11) is -2.27. The molecular formula is C19H19N5O4S. The minimum atomic E-state index is -3.85. The Hall–Kier alpha value is -3.66. The van der Waals surface area contributed by atoms with E-state index in [4.69, 9.17) is 4.74 Å². The Morgan fingerprint density at radius 3 is 2.45 bits per heavy atom. The number of nitrogens with one attached hydrogen (secondary N) is 3. The standard InChI is InChI=1S/C19H19N5O4S/c1-13(25)22-16-5-9-18(10-6-16)29(26,27)24-21-12-15-11-20-23-19(15)14-3-7-17(28-2)8-4-14/h3-12,24H,1-2H3,(H,20,23)(H,22,25)/b21-12-. The highest BCUT2D eigenvalue weighted by atomic mass is 32.2. The highest BCUT2D eigenvalue weighted by Crippen LogP contribution is 2.22. The van der Waals surface area contributed by atoms with E-state index in [1.54, 1.807) is 13.3 Å². The number of nitrogens with zero attached hydrogens (tertiary/aromatic N) is 2. The maximum absolute atomic E-state index is 12.4. The van der Waals surface area contributed by atoms with Crippen LogP contribution >= 0.6 is 0 Å². The largest absolute Gasteiger partial charge is 0.497 e. The summed E-state index contributed by atoms with van der Waals surface area (Å²) in [5.41, 5.74) is 2.65. The van der Waals surface area contributed by atoms with Gasteiger partial charge in [0, 0.05) is 23.7 Å². The predicted octanol–water partition coefficient (Wildman–Crippen LogP) is 2.36. The van der Waals surface area contributed by atoms with Crippen molar-refractivity contribution >= 4 is 27.8 Å². The van der Waals surface area contributed by atoms with Gasteiger partial charge in [-0.1, -0.05) is 0 Å². The monoisotopic (exact) mass is 413 g/mol. The van der Waals surface area contributed by atoms with Crippen LogP contribution in [0, 0.1) is 0 Å². The first kappa shape index (κ1) is 20.1. The fourth-order valence-corrected chi connectivity index (χ4v) is 3.31. The Morgan fingerprint density at radius 2 is 1.83 bits per heavy atom. The zero-order valence-electron chi connectivity index (χ0n) is 15.7. The molecule has 9 nitrogen and oxygen atoms in total. The van der Waals surface area contributed by atoms with Crippen molar-refractivity contribution in [1.82, 2.24) is 15.0 Å². The molecule has 0 saturated carbocycles. The lowest BCUT2D eigenvalue weighted by Crippen LogP contribution is -2.18. The first-order valence-electron chi connectivity index (χ1n) is 8.49. The minimum Gasteiger partial charge on any atom is -0.497 e. The van der Waals surface area contributed by atoms with Crippen LogP contribution in [0.1, 0.15) is 12.5 Å². The normalized spacial score (nSPS) is 11.4. The van der Waals surface area contributed by atoms with Gasteiger partial charge in [-0.3, -0.25) is 9.89 Å². The quantitative estimate of drug-likeness (QED) is 0.405. The van der Waals surface area contributed by atoms with E-state index < -0.39 is 10.0 Å². The highest BCUT2D eigenvalue weighted by molar-refractivity contribution is 7.89. The molecule has 0 aliphatic rings. The van der Waals surface area contributed by atoms with Gasteiger partial charge >= 0.3 is 0 Å². The molecule has 0 radical (unpaired) electrons. The second-order valence-corrected chi connectivity index (χ2v) is 7.65. The molecule has 3 rings (SSSR count). The van der Waals surface area contributed by atoms with E-state index in [0.29, 0.717) is 16.9 Å². The Balaban J connectivity index is 1.72. The lowest BCUT2D eigenvalue weighted by molar-refractivity contribution is -0.114. The van der Waals surface area contributed by atoms with Gasteiger partial charge in [-0.15, -0.1) is 0 Å². The van der Waals surface area contributed by atoms with Gasteiger partial charge < -0.3 is 10.1 Å². The van der Waals surface area contributed by atoms with E-state index in [9.17, 15) is 13.2 Å². The van der Waals surface area contributed by atoms with Gasteiger partial charge in [0.05, 0.1) is 30.1 Å². The van der Waals surface area contributed by atoms with Crippen molar-refractivity contribution in [3.8, 4) is 17.0 Å². The van der Waals surface area contributed by atoms with Crippen LogP contribution in [0.25, 0.3) is 11.3 Å². The number of aromatic nitrogens is 2. The molecule has 1 heterocycles. The van der Waals surface area contributed by atoms with Crippen LogP contribution in [0.4, 0.5) is 5.69 Å². The number of hydrogen-bond acceptors (Lipinski definition) is 6. The number of H-pyrrole nitrogens is 1. The number of amides is 1. The molecule has 3 aromatic rings. The molecule has 1 aromatic heterocycles. The van der Waals surface area contributed by atoms with Gasteiger partial charge in [-0.05, 0) is 48.5 Å². The SMILES string of the molecule is COc1ccc(-c2[nH]ncc2/C=N\NS(=O)(=O)c2ccc(NC(C)=O)cc2)cc1. The summed E-state index contributed by atoms with van der Waals surface area (Å²) in [5.74, 6) is 0.483. The molecule has 0 spiro atoms. The molecule has 3 N–H and O–H groups in total. The first-order valence-corrected chi connectivity index (χ1v) is 9.97. The summed E-state index contributed by atoms with van der Waals surface area (Å²) in [6.45, 7) is 1.37. The average Bonchev–Trinajstić information content (AvgIpc) is 3.16. The molecule has 0 fully saturated rings. The third kappa shape index (κ3) is 4.99. The van der Waals surface area contributed by atoms with Gasteiger partial charge in [0.25, 0.3) is 10.0 Å². The van der Waals surface area contributed by atoms with E-state index in [1.165, 1.54) is 37.4 Å².